The summed E-state index contributed by atoms with van der Waals surface area (Å²) in [5, 5.41) is 19.5. The average Bonchev–Trinajstić information content (AvgIpc) is 3.53. The molecule has 1 aliphatic carbocycles. The minimum absolute atomic E-state index is 0.250. The van der Waals surface area contributed by atoms with Crippen LogP contribution in [0, 0.1) is 6.92 Å². The summed E-state index contributed by atoms with van der Waals surface area (Å²) in [6.45, 7) is 5.76. The molecule has 0 atom stereocenters. The van der Waals surface area contributed by atoms with E-state index in [1.165, 1.54) is 11.5 Å². The summed E-state index contributed by atoms with van der Waals surface area (Å²) in [6, 6.07) is 16.4. The number of nitrogens with one attached hydrogen (secondary N) is 1. The lowest BCUT2D eigenvalue weighted by Crippen LogP contribution is -2.19. The quantitative estimate of drug-likeness (QED) is 0.442. The van der Waals surface area contributed by atoms with Crippen molar-refractivity contribution in [2.75, 3.05) is 12.4 Å². The van der Waals surface area contributed by atoms with Gasteiger partial charge in [-0.25, -0.2) is 0 Å². The molecular formula is C24H28N2O4S. The first-order chi connectivity index (χ1) is 15.0. The Kier molecular flexibility index (Phi) is 8.33. The third kappa shape index (κ3) is 5.11. The highest BCUT2D eigenvalue weighted by atomic mass is 32.1. The summed E-state index contributed by atoms with van der Waals surface area (Å²) < 4.78 is 4.43. The van der Waals surface area contributed by atoms with Gasteiger partial charge in [0, 0.05) is 7.05 Å². The van der Waals surface area contributed by atoms with Crippen LogP contribution in [0.3, 0.4) is 0 Å². The first-order valence-corrected chi connectivity index (χ1v) is 10.9. The van der Waals surface area contributed by atoms with E-state index in [0.29, 0.717) is 0 Å². The number of aryl methyl sites for hydroxylation is 1. The van der Waals surface area contributed by atoms with E-state index in [1.807, 2.05) is 52.1 Å². The summed E-state index contributed by atoms with van der Waals surface area (Å²) in [5.74, 6) is -0.713. The molecule has 0 spiro atoms. The van der Waals surface area contributed by atoms with Crippen LogP contribution in [-0.4, -0.2) is 34.1 Å². The molecule has 3 aromatic rings. The Morgan fingerprint density at radius 2 is 1.48 bits per heavy atom. The van der Waals surface area contributed by atoms with E-state index in [1.54, 1.807) is 0 Å². The highest BCUT2D eigenvalue weighted by Crippen LogP contribution is 2.48. The molecule has 1 saturated carbocycles. The summed E-state index contributed by atoms with van der Waals surface area (Å²) in [6.07, 6.45) is 1.47. The van der Waals surface area contributed by atoms with E-state index in [9.17, 15) is 9.90 Å². The Morgan fingerprint density at radius 3 is 1.90 bits per heavy atom. The third-order valence-electron chi connectivity index (χ3n) is 5.19. The average molecular weight is 441 g/mol. The molecule has 0 aliphatic heterocycles. The molecule has 1 aromatic heterocycles. The standard InChI is InChI=1S/C21H20N2O2S.C2H6.CH2O2/c1-13-18(22-2)19(26-23-13)16-5-3-14(4-6-16)15-7-9-17(10-8-15)21(11-12-21)20(24)25;1-2;2-1-3/h3-10,22H,11-12H2,1-2H3,(H,24,25);1-2H3;1H,(H,2,3). The molecule has 164 valence electrons. The van der Waals surface area contributed by atoms with Crippen molar-refractivity contribution in [1.82, 2.24) is 4.37 Å². The van der Waals surface area contributed by atoms with Crippen molar-refractivity contribution in [2.24, 2.45) is 0 Å². The van der Waals surface area contributed by atoms with E-state index in [0.717, 1.165) is 51.4 Å². The number of aliphatic carboxylic acids is 1. The Labute approximate surface area is 186 Å². The molecule has 0 amide bonds. The molecule has 0 saturated heterocycles. The minimum Gasteiger partial charge on any atom is -0.483 e. The molecule has 31 heavy (non-hydrogen) atoms. The first-order valence-electron chi connectivity index (χ1n) is 10.1. The molecule has 3 N–H and O–H groups in total. The van der Waals surface area contributed by atoms with Crippen molar-refractivity contribution < 1.29 is 19.8 Å². The van der Waals surface area contributed by atoms with Crippen molar-refractivity contribution in [3.05, 3.63) is 59.8 Å². The van der Waals surface area contributed by atoms with E-state index < -0.39 is 11.4 Å². The fourth-order valence-electron chi connectivity index (χ4n) is 3.41. The fraction of sp³-hybridized carbons (Fsp3) is 0.292. The van der Waals surface area contributed by atoms with Crippen LogP contribution in [0.5, 0.6) is 0 Å². The van der Waals surface area contributed by atoms with E-state index in [2.05, 4.69) is 34.0 Å². The molecule has 6 nitrogen and oxygen atoms in total. The number of hydrogen-bond donors (Lipinski definition) is 3. The fourth-order valence-corrected chi connectivity index (χ4v) is 4.31. The van der Waals surface area contributed by atoms with Gasteiger partial charge in [0.15, 0.2) is 0 Å². The molecule has 0 unspecified atom stereocenters. The lowest BCUT2D eigenvalue weighted by molar-refractivity contribution is -0.140. The van der Waals surface area contributed by atoms with Crippen molar-refractivity contribution in [2.45, 2.75) is 39.0 Å². The zero-order valence-electron chi connectivity index (χ0n) is 18.2. The van der Waals surface area contributed by atoms with Gasteiger partial charge in [-0.1, -0.05) is 62.4 Å². The maximum Gasteiger partial charge on any atom is 0.314 e. The van der Waals surface area contributed by atoms with Crippen LogP contribution < -0.4 is 5.32 Å². The Bertz CT molecular complexity index is 1010. The van der Waals surface area contributed by atoms with Gasteiger partial charge in [-0.05, 0) is 53.6 Å². The summed E-state index contributed by atoms with van der Waals surface area (Å²) in [4.78, 5) is 21.0. The smallest absolute Gasteiger partial charge is 0.314 e. The van der Waals surface area contributed by atoms with Gasteiger partial charge in [-0.15, -0.1) is 0 Å². The van der Waals surface area contributed by atoms with Crippen LogP contribution in [0.4, 0.5) is 5.69 Å². The zero-order valence-corrected chi connectivity index (χ0v) is 19.0. The maximum absolute atomic E-state index is 11.5. The van der Waals surface area contributed by atoms with Crippen LogP contribution in [0.1, 0.15) is 37.9 Å². The predicted octanol–water partition coefficient (Wildman–Crippen LogP) is 5.67. The summed E-state index contributed by atoms with van der Waals surface area (Å²) in [5.41, 5.74) is 5.71. The Morgan fingerprint density at radius 1 is 1.03 bits per heavy atom. The van der Waals surface area contributed by atoms with Crippen LogP contribution in [0.25, 0.3) is 21.6 Å². The van der Waals surface area contributed by atoms with Crippen LogP contribution in [0.15, 0.2) is 48.5 Å². The largest absolute Gasteiger partial charge is 0.483 e. The second-order valence-electron chi connectivity index (χ2n) is 6.87. The normalized spacial score (nSPS) is 13.0. The van der Waals surface area contributed by atoms with Gasteiger partial charge in [0.05, 0.1) is 21.7 Å². The number of anilines is 1. The molecule has 4 rings (SSSR count). The van der Waals surface area contributed by atoms with Gasteiger partial charge >= 0.3 is 5.97 Å². The van der Waals surface area contributed by atoms with Gasteiger partial charge in [0.2, 0.25) is 0 Å². The van der Waals surface area contributed by atoms with E-state index in [4.69, 9.17) is 9.90 Å². The van der Waals surface area contributed by atoms with Crippen LogP contribution >= 0.6 is 11.5 Å². The number of benzene rings is 2. The summed E-state index contributed by atoms with van der Waals surface area (Å²) >= 11 is 1.50. The van der Waals surface area contributed by atoms with Crippen molar-refractivity contribution in [3.63, 3.8) is 0 Å². The van der Waals surface area contributed by atoms with Gasteiger partial charge < -0.3 is 15.5 Å². The number of rotatable bonds is 5. The maximum atomic E-state index is 11.5. The molecule has 2 aromatic carbocycles. The second-order valence-corrected chi connectivity index (χ2v) is 7.64. The Hall–Kier alpha value is -3.19. The molecule has 1 fully saturated rings. The number of carboxylic acid groups (broad SMARTS) is 2. The number of aromatic nitrogens is 1. The van der Waals surface area contributed by atoms with Crippen molar-refractivity contribution in [1.29, 1.82) is 0 Å². The van der Waals surface area contributed by atoms with Crippen LogP contribution in [0.2, 0.25) is 0 Å². The molecule has 1 aliphatic rings. The Balaban J connectivity index is 0.000000630. The van der Waals surface area contributed by atoms with Crippen LogP contribution in [-0.2, 0) is 15.0 Å². The number of hydrogen-bond acceptors (Lipinski definition) is 5. The van der Waals surface area contributed by atoms with Gasteiger partial charge in [0.25, 0.3) is 6.47 Å². The third-order valence-corrected chi connectivity index (χ3v) is 6.18. The first kappa shape index (κ1) is 24.1. The van der Waals surface area contributed by atoms with Gasteiger partial charge in [-0.3, -0.25) is 9.59 Å². The lowest BCUT2D eigenvalue weighted by atomic mass is 9.93. The zero-order chi connectivity index (χ0) is 23.0. The topological polar surface area (TPSA) is 99.5 Å². The highest BCUT2D eigenvalue weighted by molar-refractivity contribution is 7.10. The van der Waals surface area contributed by atoms with Crippen molar-refractivity contribution >= 4 is 29.7 Å². The number of carbonyl (C=O) groups is 2. The molecular weight excluding hydrogens is 412 g/mol. The van der Waals surface area contributed by atoms with Gasteiger partial charge in [0.1, 0.15) is 0 Å². The van der Waals surface area contributed by atoms with E-state index in [-0.39, 0.29) is 6.47 Å². The predicted molar refractivity (Wildman–Crippen MR) is 126 cm³/mol. The molecule has 0 radical (unpaired) electrons. The number of carboxylic acids is 1. The summed E-state index contributed by atoms with van der Waals surface area (Å²) in [7, 11) is 1.92. The minimum atomic E-state index is -0.713. The monoisotopic (exact) mass is 440 g/mol. The highest BCUT2D eigenvalue weighted by Gasteiger charge is 2.51. The molecule has 0 bridgehead atoms. The van der Waals surface area contributed by atoms with Gasteiger partial charge in [-0.2, -0.15) is 4.37 Å². The lowest BCUT2D eigenvalue weighted by Gasteiger charge is -2.11. The number of nitrogens with zero attached hydrogens (tertiary/aromatic N) is 1. The molecule has 1 heterocycles. The SMILES string of the molecule is CC.CNc1c(C)nsc1-c1ccc(-c2ccc(C3(C(=O)O)CC3)cc2)cc1.O=CO. The molecule has 7 heteroatoms. The van der Waals surface area contributed by atoms with Crippen molar-refractivity contribution in [3.8, 4) is 21.6 Å². The van der Waals surface area contributed by atoms with E-state index >= 15 is 0 Å². The second kappa shape index (κ2) is 10.7.